The van der Waals surface area contributed by atoms with Crippen LogP contribution < -0.4 is 9.47 Å². The quantitative estimate of drug-likeness (QED) is 0.828. The number of hydrogen-bond acceptors (Lipinski definition) is 6. The van der Waals surface area contributed by atoms with Gasteiger partial charge in [-0.25, -0.2) is 0 Å². The molecule has 1 saturated heterocycles. The molecule has 3 rings (SSSR count). The summed E-state index contributed by atoms with van der Waals surface area (Å²) in [5, 5.41) is 4.18. The molecule has 1 fully saturated rings. The summed E-state index contributed by atoms with van der Waals surface area (Å²) in [4.78, 5) is 18.9. The van der Waals surface area contributed by atoms with Gasteiger partial charge in [-0.2, -0.15) is 4.98 Å². The number of benzene rings is 1. The van der Waals surface area contributed by atoms with Crippen molar-refractivity contribution in [3.05, 3.63) is 34.4 Å². The summed E-state index contributed by atoms with van der Waals surface area (Å²) < 4.78 is 15.7. The Bertz CT molecular complexity index is 769. The number of halogens is 1. The van der Waals surface area contributed by atoms with Crippen molar-refractivity contribution in [2.24, 2.45) is 0 Å². The molecule has 25 heavy (non-hydrogen) atoms. The predicted molar refractivity (Wildman–Crippen MR) is 91.5 cm³/mol. The first-order chi connectivity index (χ1) is 12.0. The molecule has 2 heterocycles. The molecule has 0 bridgehead atoms. The third kappa shape index (κ3) is 3.56. The minimum atomic E-state index is -0.0805. The van der Waals surface area contributed by atoms with Gasteiger partial charge in [-0.3, -0.25) is 4.79 Å². The Balaban J connectivity index is 1.71. The number of piperidine rings is 1. The lowest BCUT2D eigenvalue weighted by Gasteiger charge is -2.30. The van der Waals surface area contributed by atoms with Crippen LogP contribution in [0.15, 0.2) is 16.7 Å². The molecule has 2 aromatic rings. The van der Waals surface area contributed by atoms with Gasteiger partial charge in [0, 0.05) is 24.6 Å². The largest absolute Gasteiger partial charge is 0.493 e. The number of carbonyl (C=O) groups excluding carboxylic acids is 1. The van der Waals surface area contributed by atoms with Crippen LogP contribution in [0.2, 0.25) is 5.02 Å². The number of carbonyl (C=O) groups is 1. The molecule has 8 heteroatoms. The van der Waals surface area contributed by atoms with Gasteiger partial charge in [0.1, 0.15) is 0 Å². The minimum absolute atomic E-state index is 0.0805. The molecule has 0 radical (unpaired) electrons. The fraction of sp³-hybridized carbons (Fsp3) is 0.471. The summed E-state index contributed by atoms with van der Waals surface area (Å²) in [6.45, 7) is 3.04. The van der Waals surface area contributed by atoms with E-state index in [2.05, 4.69) is 10.1 Å². The maximum absolute atomic E-state index is 12.8. The highest BCUT2D eigenvalue weighted by molar-refractivity contribution is 6.32. The zero-order valence-corrected chi connectivity index (χ0v) is 15.2. The summed E-state index contributed by atoms with van der Waals surface area (Å²) in [6, 6.07) is 3.26. The van der Waals surface area contributed by atoms with Crippen LogP contribution in [0.5, 0.6) is 11.5 Å². The van der Waals surface area contributed by atoms with Gasteiger partial charge in [-0.15, -0.1) is 0 Å². The minimum Gasteiger partial charge on any atom is -0.493 e. The number of methoxy groups -OCH3 is 2. The zero-order chi connectivity index (χ0) is 18.0. The topological polar surface area (TPSA) is 77.7 Å². The van der Waals surface area contributed by atoms with E-state index in [1.54, 1.807) is 24.0 Å². The predicted octanol–water partition coefficient (Wildman–Crippen LogP) is 3.07. The van der Waals surface area contributed by atoms with E-state index >= 15 is 0 Å². The Morgan fingerprint density at radius 3 is 2.56 bits per heavy atom. The summed E-state index contributed by atoms with van der Waals surface area (Å²) in [5.74, 6) is 2.26. The van der Waals surface area contributed by atoms with Gasteiger partial charge in [0.25, 0.3) is 5.91 Å². The number of aromatic nitrogens is 2. The van der Waals surface area contributed by atoms with Crippen molar-refractivity contribution in [1.82, 2.24) is 15.0 Å². The highest BCUT2D eigenvalue weighted by Gasteiger charge is 2.28. The van der Waals surface area contributed by atoms with Crippen molar-refractivity contribution in [2.75, 3.05) is 27.3 Å². The van der Waals surface area contributed by atoms with E-state index in [0.29, 0.717) is 46.9 Å². The third-order valence-electron chi connectivity index (χ3n) is 4.36. The molecule has 1 amide bonds. The molecule has 0 atom stereocenters. The zero-order valence-electron chi connectivity index (χ0n) is 14.4. The second-order valence-electron chi connectivity index (χ2n) is 5.94. The number of hydrogen-bond donors (Lipinski definition) is 0. The van der Waals surface area contributed by atoms with E-state index in [1.807, 2.05) is 0 Å². The third-order valence-corrected chi connectivity index (χ3v) is 4.64. The van der Waals surface area contributed by atoms with E-state index in [9.17, 15) is 4.79 Å². The van der Waals surface area contributed by atoms with E-state index in [0.717, 1.165) is 12.8 Å². The van der Waals surface area contributed by atoms with Crippen LogP contribution in [0.25, 0.3) is 0 Å². The molecule has 1 aromatic carbocycles. The van der Waals surface area contributed by atoms with E-state index in [4.69, 9.17) is 25.6 Å². The molecule has 7 nitrogen and oxygen atoms in total. The highest BCUT2D eigenvalue weighted by atomic mass is 35.5. The molecule has 0 spiro atoms. The Morgan fingerprint density at radius 2 is 2.00 bits per heavy atom. The van der Waals surface area contributed by atoms with E-state index < -0.39 is 0 Å². The van der Waals surface area contributed by atoms with Gasteiger partial charge >= 0.3 is 0 Å². The normalized spacial score (nSPS) is 15.3. The smallest absolute Gasteiger partial charge is 0.254 e. The van der Waals surface area contributed by atoms with Gasteiger partial charge in [0.2, 0.25) is 5.89 Å². The molecule has 1 aromatic heterocycles. The lowest BCUT2D eigenvalue weighted by Crippen LogP contribution is -2.38. The number of nitrogens with zero attached hydrogens (tertiary/aromatic N) is 3. The molecule has 0 N–H and O–H groups in total. The van der Waals surface area contributed by atoms with Gasteiger partial charge in [-0.1, -0.05) is 16.8 Å². The summed E-state index contributed by atoms with van der Waals surface area (Å²) in [5.41, 5.74) is 0.481. The first kappa shape index (κ1) is 17.5. The molecule has 134 valence electrons. The van der Waals surface area contributed by atoms with Crippen molar-refractivity contribution in [3.8, 4) is 11.5 Å². The van der Waals surface area contributed by atoms with Crippen LogP contribution in [0.4, 0.5) is 0 Å². The van der Waals surface area contributed by atoms with Gasteiger partial charge in [0.05, 0.1) is 19.2 Å². The average molecular weight is 366 g/mol. The Labute approximate surface area is 150 Å². The molecular formula is C17H20ClN3O4. The number of amides is 1. The number of likely N-dealkylation sites (tertiary alicyclic amines) is 1. The first-order valence-corrected chi connectivity index (χ1v) is 8.42. The number of aryl methyl sites for hydroxylation is 1. The van der Waals surface area contributed by atoms with Gasteiger partial charge in [-0.05, 0) is 31.9 Å². The second kappa shape index (κ2) is 7.31. The standard InChI is InChI=1S/C17H20ClN3O4/c1-10-19-16(25-20-10)11-4-6-21(7-5-11)17(22)12-8-13(18)15(24-3)14(9-12)23-2/h8-9,11H,4-7H2,1-3H3. The van der Waals surface area contributed by atoms with Crippen molar-refractivity contribution < 1.29 is 18.8 Å². The van der Waals surface area contributed by atoms with Crippen LogP contribution in [-0.4, -0.2) is 48.3 Å². The second-order valence-corrected chi connectivity index (χ2v) is 6.35. The maximum Gasteiger partial charge on any atom is 0.254 e. The Hall–Kier alpha value is -2.28. The number of ether oxygens (including phenoxy) is 2. The van der Waals surface area contributed by atoms with Crippen LogP contribution in [0.3, 0.4) is 0 Å². The fourth-order valence-corrected chi connectivity index (χ4v) is 3.32. The van der Waals surface area contributed by atoms with Crippen molar-refractivity contribution in [1.29, 1.82) is 0 Å². The van der Waals surface area contributed by atoms with Crippen molar-refractivity contribution in [2.45, 2.75) is 25.7 Å². The molecule has 1 aliphatic heterocycles. The molecular weight excluding hydrogens is 346 g/mol. The average Bonchev–Trinajstić information content (AvgIpc) is 3.06. The lowest BCUT2D eigenvalue weighted by molar-refractivity contribution is 0.0704. The Morgan fingerprint density at radius 1 is 1.28 bits per heavy atom. The maximum atomic E-state index is 12.8. The fourth-order valence-electron chi connectivity index (χ4n) is 3.03. The van der Waals surface area contributed by atoms with Crippen LogP contribution in [0, 0.1) is 6.92 Å². The van der Waals surface area contributed by atoms with Crippen molar-refractivity contribution >= 4 is 17.5 Å². The van der Waals surface area contributed by atoms with Gasteiger partial charge in [0.15, 0.2) is 17.3 Å². The molecule has 0 aliphatic carbocycles. The van der Waals surface area contributed by atoms with E-state index in [1.165, 1.54) is 14.2 Å². The molecule has 0 unspecified atom stereocenters. The SMILES string of the molecule is COc1cc(C(=O)N2CCC(c3nc(C)no3)CC2)cc(Cl)c1OC. The molecule has 1 aliphatic rings. The highest BCUT2D eigenvalue weighted by Crippen LogP contribution is 2.37. The van der Waals surface area contributed by atoms with Crippen LogP contribution in [-0.2, 0) is 0 Å². The van der Waals surface area contributed by atoms with E-state index in [-0.39, 0.29) is 11.8 Å². The van der Waals surface area contributed by atoms with Gasteiger partial charge < -0.3 is 18.9 Å². The number of rotatable bonds is 4. The summed E-state index contributed by atoms with van der Waals surface area (Å²) >= 11 is 6.20. The summed E-state index contributed by atoms with van der Waals surface area (Å²) in [7, 11) is 3.02. The lowest BCUT2D eigenvalue weighted by atomic mass is 9.96. The van der Waals surface area contributed by atoms with Crippen molar-refractivity contribution in [3.63, 3.8) is 0 Å². The summed E-state index contributed by atoms with van der Waals surface area (Å²) in [6.07, 6.45) is 1.57. The Kier molecular flexibility index (Phi) is 5.13. The van der Waals surface area contributed by atoms with Crippen LogP contribution in [0.1, 0.15) is 40.8 Å². The molecule has 0 saturated carbocycles. The van der Waals surface area contributed by atoms with Crippen LogP contribution >= 0.6 is 11.6 Å². The first-order valence-electron chi connectivity index (χ1n) is 8.04. The monoisotopic (exact) mass is 365 g/mol.